The minimum absolute atomic E-state index is 0.0200. The van der Waals surface area contributed by atoms with Crippen LogP contribution in [-0.4, -0.2) is 11.0 Å². The number of hydrogen-bond donors (Lipinski definition) is 2. The molecule has 0 saturated heterocycles. The molecule has 0 unspecified atom stereocenters. The summed E-state index contributed by atoms with van der Waals surface area (Å²) < 4.78 is 5.16. The van der Waals surface area contributed by atoms with Crippen LogP contribution in [0.25, 0.3) is 0 Å². The van der Waals surface area contributed by atoms with Crippen molar-refractivity contribution in [1.82, 2.24) is 10.6 Å². The van der Waals surface area contributed by atoms with Crippen LogP contribution < -0.4 is 10.6 Å². The normalized spacial score (nSPS) is 10.2. The van der Waals surface area contributed by atoms with Crippen molar-refractivity contribution in [3.63, 3.8) is 0 Å². The van der Waals surface area contributed by atoms with Crippen molar-refractivity contribution in [2.24, 2.45) is 0 Å². The molecule has 19 heavy (non-hydrogen) atoms. The number of thiocarbonyl (C=S) groups is 1. The number of carbonyl (C=O) groups is 1. The molecule has 0 aliphatic rings. The van der Waals surface area contributed by atoms with Gasteiger partial charge < -0.3 is 15.1 Å². The molecule has 0 aliphatic heterocycles. The molecule has 0 atom stereocenters. The van der Waals surface area contributed by atoms with Crippen LogP contribution in [0.1, 0.15) is 51.2 Å². The number of unbranched alkanes of at least 4 members (excludes halogenated alkanes) is 4. The van der Waals surface area contributed by atoms with Crippen molar-refractivity contribution in [3.8, 4) is 0 Å². The third kappa shape index (κ3) is 7.62. The second-order valence-corrected chi connectivity index (χ2v) is 4.88. The largest absolute Gasteiger partial charge is 0.467 e. The van der Waals surface area contributed by atoms with E-state index in [-0.39, 0.29) is 5.91 Å². The topological polar surface area (TPSA) is 54.3 Å². The first kappa shape index (κ1) is 15.7. The van der Waals surface area contributed by atoms with E-state index < -0.39 is 0 Å². The van der Waals surface area contributed by atoms with E-state index in [1.807, 2.05) is 12.1 Å². The fraction of sp³-hybridized carbons (Fsp3) is 0.571. The first-order valence-corrected chi connectivity index (χ1v) is 7.23. The number of furan rings is 1. The fourth-order valence-electron chi connectivity index (χ4n) is 1.70. The van der Waals surface area contributed by atoms with Gasteiger partial charge in [-0.3, -0.25) is 4.79 Å². The molecule has 1 aromatic rings. The van der Waals surface area contributed by atoms with E-state index in [1.54, 1.807) is 6.26 Å². The Balaban J connectivity index is 2.05. The molecule has 0 fully saturated rings. The summed E-state index contributed by atoms with van der Waals surface area (Å²) in [5.74, 6) is 0.768. The van der Waals surface area contributed by atoms with E-state index >= 15 is 0 Å². The molecule has 0 bridgehead atoms. The van der Waals surface area contributed by atoms with Crippen molar-refractivity contribution >= 4 is 23.2 Å². The Morgan fingerprint density at radius 2 is 2.11 bits per heavy atom. The van der Waals surface area contributed by atoms with Crippen LogP contribution in [0.5, 0.6) is 0 Å². The molecule has 0 saturated carbocycles. The minimum Gasteiger partial charge on any atom is -0.467 e. The van der Waals surface area contributed by atoms with E-state index in [0.717, 1.165) is 18.6 Å². The van der Waals surface area contributed by atoms with Gasteiger partial charge in [-0.05, 0) is 30.8 Å². The Morgan fingerprint density at radius 3 is 2.79 bits per heavy atom. The lowest BCUT2D eigenvalue weighted by Crippen LogP contribution is -2.38. The van der Waals surface area contributed by atoms with E-state index in [0.29, 0.717) is 18.1 Å². The Hall–Kier alpha value is -1.36. The maximum Gasteiger partial charge on any atom is 0.226 e. The summed E-state index contributed by atoms with van der Waals surface area (Å²) in [5, 5.41) is 5.96. The summed E-state index contributed by atoms with van der Waals surface area (Å²) in [4.78, 5) is 11.6. The summed E-state index contributed by atoms with van der Waals surface area (Å²) in [5.41, 5.74) is 0. The molecule has 0 radical (unpaired) electrons. The van der Waals surface area contributed by atoms with Gasteiger partial charge in [0.2, 0.25) is 5.91 Å². The number of amides is 1. The standard InChI is InChI=1S/C14H22N2O2S/c1-2-3-4-5-6-9-13(17)16-14(19)15-11-12-8-7-10-18-12/h7-8,10H,2-6,9,11H2,1H3,(H2,15,16,17,19). The van der Waals surface area contributed by atoms with Crippen molar-refractivity contribution in [3.05, 3.63) is 24.2 Å². The van der Waals surface area contributed by atoms with Crippen LogP contribution in [0, 0.1) is 0 Å². The second-order valence-electron chi connectivity index (χ2n) is 4.47. The molecule has 0 aromatic carbocycles. The molecule has 2 N–H and O–H groups in total. The first-order valence-electron chi connectivity index (χ1n) is 6.82. The summed E-state index contributed by atoms with van der Waals surface area (Å²) in [6.07, 6.45) is 7.82. The Kier molecular flexibility index (Phi) is 7.89. The predicted octanol–water partition coefficient (Wildman–Crippen LogP) is 3.13. The minimum atomic E-state index is -0.0200. The van der Waals surface area contributed by atoms with Crippen LogP contribution in [0.3, 0.4) is 0 Å². The van der Waals surface area contributed by atoms with E-state index in [1.165, 1.54) is 19.3 Å². The lowest BCUT2D eigenvalue weighted by Gasteiger charge is -2.08. The van der Waals surface area contributed by atoms with Gasteiger partial charge >= 0.3 is 0 Å². The van der Waals surface area contributed by atoms with Crippen LogP contribution >= 0.6 is 12.2 Å². The number of rotatable bonds is 8. The smallest absolute Gasteiger partial charge is 0.226 e. The SMILES string of the molecule is CCCCCCCC(=O)NC(=S)NCc1ccco1. The lowest BCUT2D eigenvalue weighted by molar-refractivity contribution is -0.119. The molecule has 4 nitrogen and oxygen atoms in total. The van der Waals surface area contributed by atoms with Crippen molar-refractivity contribution in [2.75, 3.05) is 0 Å². The molecule has 1 heterocycles. The van der Waals surface area contributed by atoms with Gasteiger partial charge in [0.15, 0.2) is 5.11 Å². The lowest BCUT2D eigenvalue weighted by atomic mass is 10.1. The quantitative estimate of drug-likeness (QED) is 0.568. The summed E-state index contributed by atoms with van der Waals surface area (Å²) in [7, 11) is 0. The molecule has 0 aliphatic carbocycles. The molecule has 1 aromatic heterocycles. The number of nitrogens with one attached hydrogen (secondary N) is 2. The van der Waals surface area contributed by atoms with Gasteiger partial charge in [0.1, 0.15) is 5.76 Å². The molecule has 106 valence electrons. The monoisotopic (exact) mass is 282 g/mol. The Labute approximate surface area is 119 Å². The second kappa shape index (κ2) is 9.55. The average Bonchev–Trinajstić information content (AvgIpc) is 2.89. The summed E-state index contributed by atoms with van der Waals surface area (Å²) in [6, 6.07) is 3.67. The predicted molar refractivity (Wildman–Crippen MR) is 79.7 cm³/mol. The van der Waals surface area contributed by atoms with Gasteiger partial charge in [-0.25, -0.2) is 0 Å². The highest BCUT2D eigenvalue weighted by Gasteiger charge is 2.04. The average molecular weight is 282 g/mol. The molecular weight excluding hydrogens is 260 g/mol. The highest BCUT2D eigenvalue weighted by atomic mass is 32.1. The van der Waals surface area contributed by atoms with Gasteiger partial charge in [0, 0.05) is 6.42 Å². The van der Waals surface area contributed by atoms with Gasteiger partial charge in [-0.2, -0.15) is 0 Å². The third-order valence-electron chi connectivity index (χ3n) is 2.76. The fourth-order valence-corrected chi connectivity index (χ4v) is 1.89. The van der Waals surface area contributed by atoms with Crippen molar-refractivity contribution in [2.45, 2.75) is 52.0 Å². The van der Waals surface area contributed by atoms with Crippen LogP contribution in [0.15, 0.2) is 22.8 Å². The number of carbonyl (C=O) groups excluding carboxylic acids is 1. The van der Waals surface area contributed by atoms with Gasteiger partial charge in [-0.1, -0.05) is 32.6 Å². The van der Waals surface area contributed by atoms with Crippen molar-refractivity contribution < 1.29 is 9.21 Å². The molecular formula is C14H22N2O2S. The molecule has 0 spiro atoms. The third-order valence-corrected chi connectivity index (χ3v) is 3.01. The van der Waals surface area contributed by atoms with Crippen LogP contribution in [-0.2, 0) is 11.3 Å². The van der Waals surface area contributed by atoms with E-state index in [4.69, 9.17) is 16.6 Å². The maximum atomic E-state index is 11.6. The van der Waals surface area contributed by atoms with Gasteiger partial charge in [0.25, 0.3) is 0 Å². The molecule has 1 amide bonds. The zero-order valence-corrected chi connectivity index (χ0v) is 12.2. The molecule has 5 heteroatoms. The van der Waals surface area contributed by atoms with Crippen LogP contribution in [0.4, 0.5) is 0 Å². The summed E-state index contributed by atoms with van der Waals surface area (Å²) >= 11 is 5.04. The highest BCUT2D eigenvalue weighted by Crippen LogP contribution is 2.04. The van der Waals surface area contributed by atoms with Crippen LogP contribution in [0.2, 0.25) is 0 Å². The highest BCUT2D eigenvalue weighted by molar-refractivity contribution is 7.80. The van der Waals surface area contributed by atoms with E-state index in [9.17, 15) is 4.79 Å². The zero-order valence-electron chi connectivity index (χ0n) is 11.4. The summed E-state index contributed by atoms with van der Waals surface area (Å²) in [6.45, 7) is 2.67. The van der Waals surface area contributed by atoms with Gasteiger partial charge in [-0.15, -0.1) is 0 Å². The maximum absolute atomic E-state index is 11.6. The number of hydrogen-bond acceptors (Lipinski definition) is 3. The molecule has 1 rings (SSSR count). The van der Waals surface area contributed by atoms with E-state index in [2.05, 4.69) is 17.6 Å². The Morgan fingerprint density at radius 1 is 1.32 bits per heavy atom. The first-order chi connectivity index (χ1) is 9.22. The Bertz CT molecular complexity index is 377. The van der Waals surface area contributed by atoms with Crippen molar-refractivity contribution in [1.29, 1.82) is 0 Å². The zero-order chi connectivity index (χ0) is 13.9. The van der Waals surface area contributed by atoms with Gasteiger partial charge in [0.05, 0.1) is 12.8 Å².